The molecule has 1 aliphatic carbocycles. The summed E-state index contributed by atoms with van der Waals surface area (Å²) in [5.41, 5.74) is 8.19. The molecule has 9 nitrogen and oxygen atoms in total. The Kier molecular flexibility index (Phi) is 9.33. The molecule has 1 saturated heterocycles. The lowest BCUT2D eigenvalue weighted by Gasteiger charge is -2.28. The van der Waals surface area contributed by atoms with Gasteiger partial charge in [-0.3, -0.25) is 14.7 Å². The number of amides is 3. The van der Waals surface area contributed by atoms with Gasteiger partial charge in [0, 0.05) is 49.2 Å². The third-order valence-electron chi connectivity index (χ3n) is 6.60. The molecule has 1 saturated carbocycles. The van der Waals surface area contributed by atoms with Crippen molar-refractivity contribution in [1.82, 2.24) is 20.1 Å². The summed E-state index contributed by atoms with van der Waals surface area (Å²) in [5.74, 6) is -0.305. The van der Waals surface area contributed by atoms with Crippen LogP contribution < -0.4 is 16.4 Å². The Labute approximate surface area is 211 Å². The van der Waals surface area contributed by atoms with Crippen LogP contribution >= 0.6 is 11.3 Å². The maximum atomic E-state index is 13.1. The monoisotopic (exact) mass is 500 g/mol. The Morgan fingerprint density at radius 3 is 2.66 bits per heavy atom. The van der Waals surface area contributed by atoms with Crippen molar-refractivity contribution in [2.75, 3.05) is 50.4 Å². The maximum absolute atomic E-state index is 13.1. The van der Waals surface area contributed by atoms with Gasteiger partial charge < -0.3 is 26.0 Å². The van der Waals surface area contributed by atoms with E-state index in [-0.39, 0.29) is 18.0 Å². The highest BCUT2D eigenvalue weighted by Crippen LogP contribution is 2.23. The van der Waals surface area contributed by atoms with Crippen molar-refractivity contribution in [2.24, 2.45) is 0 Å². The smallest absolute Gasteiger partial charge is 0.317 e. The van der Waals surface area contributed by atoms with Gasteiger partial charge in [-0.2, -0.15) is 0 Å². The van der Waals surface area contributed by atoms with Crippen LogP contribution in [0, 0.1) is 0 Å². The van der Waals surface area contributed by atoms with E-state index in [1.54, 1.807) is 23.0 Å². The van der Waals surface area contributed by atoms with Crippen LogP contribution in [-0.4, -0.2) is 72.2 Å². The molecule has 2 fully saturated rings. The van der Waals surface area contributed by atoms with Crippen LogP contribution in [0.15, 0.2) is 29.1 Å². The molecule has 4 rings (SSSR count). The number of rotatable bonds is 10. The second kappa shape index (κ2) is 12.9. The molecule has 0 atom stereocenters. The first kappa shape index (κ1) is 25.4. The number of carbonyl (C=O) groups excluding carboxylic acids is 2. The van der Waals surface area contributed by atoms with Gasteiger partial charge in [-0.25, -0.2) is 4.79 Å². The molecule has 2 aromatic heterocycles. The fourth-order valence-electron chi connectivity index (χ4n) is 4.52. The minimum Gasteiger partial charge on any atom is -0.396 e. The van der Waals surface area contributed by atoms with Crippen molar-refractivity contribution in [3.63, 3.8) is 0 Å². The number of hydrogen-bond donors (Lipinski definition) is 3. The summed E-state index contributed by atoms with van der Waals surface area (Å²) >= 11 is 1.43. The second-order valence-electron chi connectivity index (χ2n) is 9.26. The molecule has 35 heavy (non-hydrogen) atoms. The van der Waals surface area contributed by atoms with Crippen LogP contribution in [-0.2, 0) is 11.3 Å². The summed E-state index contributed by atoms with van der Waals surface area (Å²) in [7, 11) is 0. The molecule has 3 amide bonds. The Hall–Kier alpha value is -2.69. The van der Waals surface area contributed by atoms with Gasteiger partial charge >= 0.3 is 6.03 Å². The number of nitrogen functional groups attached to an aromatic ring is 1. The Morgan fingerprint density at radius 2 is 1.97 bits per heavy atom. The zero-order chi connectivity index (χ0) is 24.5. The molecule has 0 spiro atoms. The molecule has 1 aliphatic heterocycles. The highest BCUT2D eigenvalue weighted by atomic mass is 32.1. The number of nitrogens with two attached hydrogens (primary N) is 1. The van der Waals surface area contributed by atoms with Crippen LogP contribution in [0.25, 0.3) is 0 Å². The maximum Gasteiger partial charge on any atom is 0.317 e. The largest absolute Gasteiger partial charge is 0.396 e. The first-order chi connectivity index (χ1) is 17.1. The standard InChI is InChI=1S/C25H36N6O3S/c26-21-17-35-18-23(21)29-24(32)22-8-7-19(15-27-22)16-31(25(33)28-20-5-1-2-6-20)10-4-3-9-30-11-13-34-14-12-30/h7-8,15,17-18,20H,1-6,9-14,16,26H2,(H,28,33)(H,29,32). The first-order valence-electron chi connectivity index (χ1n) is 12.5. The van der Waals surface area contributed by atoms with Gasteiger partial charge in [-0.1, -0.05) is 18.9 Å². The van der Waals surface area contributed by atoms with E-state index in [1.165, 1.54) is 24.2 Å². The Morgan fingerprint density at radius 1 is 1.17 bits per heavy atom. The predicted octanol–water partition coefficient (Wildman–Crippen LogP) is 3.54. The highest BCUT2D eigenvalue weighted by molar-refractivity contribution is 7.09. The third-order valence-corrected chi connectivity index (χ3v) is 7.36. The van der Waals surface area contributed by atoms with E-state index in [2.05, 4.69) is 20.5 Å². The number of thiophene rings is 1. The van der Waals surface area contributed by atoms with Gasteiger partial charge in [0.1, 0.15) is 5.69 Å². The van der Waals surface area contributed by atoms with Gasteiger partial charge in [0.2, 0.25) is 0 Å². The van der Waals surface area contributed by atoms with Crippen molar-refractivity contribution in [2.45, 2.75) is 51.1 Å². The average molecular weight is 501 g/mol. The highest BCUT2D eigenvalue weighted by Gasteiger charge is 2.21. The van der Waals surface area contributed by atoms with Gasteiger partial charge in [0.05, 0.1) is 24.6 Å². The molecule has 3 heterocycles. The number of hydrogen-bond acceptors (Lipinski definition) is 7. The topological polar surface area (TPSA) is 113 Å². The Bertz CT molecular complexity index is 954. The Balaban J connectivity index is 1.32. The molecule has 0 radical (unpaired) electrons. The summed E-state index contributed by atoms with van der Waals surface area (Å²) in [5, 5.41) is 9.57. The zero-order valence-corrected chi connectivity index (χ0v) is 21.0. The van der Waals surface area contributed by atoms with Gasteiger partial charge in [-0.15, -0.1) is 11.3 Å². The lowest BCUT2D eigenvalue weighted by atomic mass is 10.2. The van der Waals surface area contributed by atoms with E-state index in [0.29, 0.717) is 30.2 Å². The lowest BCUT2D eigenvalue weighted by Crippen LogP contribution is -2.44. The van der Waals surface area contributed by atoms with E-state index >= 15 is 0 Å². The number of carbonyl (C=O) groups is 2. The molecule has 0 bridgehead atoms. The van der Waals surface area contributed by atoms with E-state index < -0.39 is 0 Å². The normalized spacial score (nSPS) is 16.8. The number of pyridine rings is 1. The lowest BCUT2D eigenvalue weighted by molar-refractivity contribution is 0.0369. The van der Waals surface area contributed by atoms with Gasteiger partial charge in [0.15, 0.2) is 0 Å². The van der Waals surface area contributed by atoms with Gasteiger partial charge in [0.25, 0.3) is 5.91 Å². The van der Waals surface area contributed by atoms with Crippen molar-refractivity contribution < 1.29 is 14.3 Å². The fraction of sp³-hybridized carbons (Fsp3) is 0.560. The predicted molar refractivity (Wildman–Crippen MR) is 139 cm³/mol. The summed E-state index contributed by atoms with van der Waals surface area (Å²) < 4.78 is 5.42. The number of aromatic nitrogens is 1. The van der Waals surface area contributed by atoms with Crippen LogP contribution in [0.4, 0.5) is 16.2 Å². The van der Waals surface area contributed by atoms with E-state index in [9.17, 15) is 9.59 Å². The summed E-state index contributed by atoms with van der Waals surface area (Å²) in [6, 6.07) is 3.81. The van der Waals surface area contributed by atoms with E-state index in [0.717, 1.165) is 64.1 Å². The van der Waals surface area contributed by atoms with Crippen LogP contribution in [0.2, 0.25) is 0 Å². The SMILES string of the molecule is Nc1cscc1NC(=O)c1ccc(CN(CCCCN2CCOCC2)C(=O)NC2CCCC2)cn1. The van der Waals surface area contributed by atoms with Crippen LogP contribution in [0.1, 0.15) is 54.6 Å². The van der Waals surface area contributed by atoms with E-state index in [4.69, 9.17) is 10.5 Å². The molecular weight excluding hydrogens is 464 g/mol. The van der Waals surface area contributed by atoms with Gasteiger partial charge in [-0.05, 0) is 43.9 Å². The molecule has 4 N–H and O–H groups in total. The number of nitrogens with zero attached hydrogens (tertiary/aromatic N) is 3. The van der Waals surface area contributed by atoms with Crippen LogP contribution in [0.5, 0.6) is 0 Å². The number of ether oxygens (including phenoxy) is 1. The minimum atomic E-state index is -0.305. The number of unbranched alkanes of at least 4 members (excludes halogenated alkanes) is 1. The van der Waals surface area contributed by atoms with Crippen LogP contribution in [0.3, 0.4) is 0 Å². The number of nitrogens with one attached hydrogen (secondary N) is 2. The second-order valence-corrected chi connectivity index (χ2v) is 10.0. The molecule has 10 heteroatoms. The molecule has 190 valence electrons. The number of anilines is 2. The molecule has 2 aromatic rings. The number of urea groups is 1. The third kappa shape index (κ3) is 7.65. The fourth-order valence-corrected chi connectivity index (χ4v) is 5.19. The van der Waals surface area contributed by atoms with E-state index in [1.807, 2.05) is 11.0 Å². The zero-order valence-electron chi connectivity index (χ0n) is 20.2. The first-order valence-corrected chi connectivity index (χ1v) is 13.5. The van der Waals surface area contributed by atoms with Crippen molar-refractivity contribution in [3.05, 3.63) is 40.3 Å². The van der Waals surface area contributed by atoms with Crippen molar-refractivity contribution in [1.29, 1.82) is 0 Å². The quantitative estimate of drug-likeness (QED) is 0.430. The van der Waals surface area contributed by atoms with Crippen molar-refractivity contribution in [3.8, 4) is 0 Å². The molecule has 2 aliphatic rings. The minimum absolute atomic E-state index is 0.0157. The molecular formula is C25H36N6O3S. The number of morpholine rings is 1. The summed E-state index contributed by atoms with van der Waals surface area (Å²) in [6.45, 7) is 5.74. The summed E-state index contributed by atoms with van der Waals surface area (Å²) in [4.78, 5) is 34.2. The molecule has 0 aromatic carbocycles. The average Bonchev–Trinajstić information content (AvgIpc) is 3.53. The van der Waals surface area contributed by atoms with Crippen molar-refractivity contribution >= 4 is 34.6 Å². The summed E-state index contributed by atoms with van der Waals surface area (Å²) in [6.07, 6.45) is 8.11. The molecule has 0 unspecified atom stereocenters.